The van der Waals surface area contributed by atoms with E-state index in [0.717, 1.165) is 19.3 Å². The molecule has 12 atom stereocenters. The summed E-state index contributed by atoms with van der Waals surface area (Å²) in [5.74, 6) is -1.60. The van der Waals surface area contributed by atoms with Gasteiger partial charge in [0, 0.05) is 18.3 Å². The summed E-state index contributed by atoms with van der Waals surface area (Å²) in [5.41, 5.74) is -0.945. The van der Waals surface area contributed by atoms with E-state index in [-0.39, 0.29) is 17.7 Å². The van der Waals surface area contributed by atoms with Crippen molar-refractivity contribution in [1.82, 2.24) is 4.90 Å². The van der Waals surface area contributed by atoms with Crippen LogP contribution in [0.2, 0.25) is 0 Å². The smallest absolute Gasteiger partial charge is 0.228 e. The van der Waals surface area contributed by atoms with Crippen LogP contribution in [-0.2, 0) is 24.0 Å². The lowest BCUT2D eigenvalue weighted by molar-refractivity contribution is -0.550. The van der Waals surface area contributed by atoms with Crippen molar-refractivity contribution in [2.24, 2.45) is 23.7 Å². The highest BCUT2D eigenvalue weighted by Gasteiger charge is 2.72. The largest absolute Gasteiger partial charge is 0.394 e. The molecule has 31 heavy (non-hydrogen) atoms. The summed E-state index contributed by atoms with van der Waals surface area (Å²) in [7, 11) is 0. The van der Waals surface area contributed by atoms with E-state index in [0.29, 0.717) is 12.3 Å². The summed E-state index contributed by atoms with van der Waals surface area (Å²) >= 11 is 0. The molecule has 10 nitrogen and oxygen atoms in total. The third kappa shape index (κ3) is 2.90. The number of likely N-dealkylation sites (tertiary alicyclic amines) is 1. The maximum absolute atomic E-state index is 13.6. The van der Waals surface area contributed by atoms with Crippen molar-refractivity contribution in [2.75, 3.05) is 6.61 Å². The van der Waals surface area contributed by atoms with Gasteiger partial charge in [-0.2, -0.15) is 0 Å². The number of rotatable bonds is 2. The SMILES string of the molecule is C[C@@H]1CCC2[C@@H](C)C(=O)N(C3[C@H](O)O[C@@H](CO)[C@H](O)[C@H]3O)C3O[C@]4(C)CCC1C23OO4. The number of carbonyl (C=O) groups excluding carboxylic acids is 1. The molecule has 0 aromatic rings. The van der Waals surface area contributed by atoms with Gasteiger partial charge in [0.15, 0.2) is 18.1 Å². The van der Waals surface area contributed by atoms with Crippen LogP contribution in [0, 0.1) is 23.7 Å². The Morgan fingerprint density at radius 1 is 1.06 bits per heavy atom. The highest BCUT2D eigenvalue weighted by Crippen LogP contribution is 2.60. The molecule has 0 aromatic carbocycles. The molecule has 5 heterocycles. The quantitative estimate of drug-likeness (QED) is 0.415. The summed E-state index contributed by atoms with van der Waals surface area (Å²) in [6.07, 6.45) is -3.56. The van der Waals surface area contributed by atoms with Crippen LogP contribution in [0.1, 0.15) is 46.5 Å². The van der Waals surface area contributed by atoms with Crippen molar-refractivity contribution in [3.63, 3.8) is 0 Å². The van der Waals surface area contributed by atoms with Gasteiger partial charge in [-0.05, 0) is 38.0 Å². The van der Waals surface area contributed by atoms with E-state index in [4.69, 9.17) is 19.2 Å². The van der Waals surface area contributed by atoms with Gasteiger partial charge in [-0.3, -0.25) is 4.79 Å². The zero-order chi connectivity index (χ0) is 22.3. The number of ether oxygens (including phenoxy) is 2. The van der Waals surface area contributed by atoms with E-state index in [9.17, 15) is 25.2 Å². The summed E-state index contributed by atoms with van der Waals surface area (Å²) in [6.45, 7) is 5.19. The van der Waals surface area contributed by atoms with E-state index >= 15 is 0 Å². The normalized spacial score (nSPS) is 56.9. The van der Waals surface area contributed by atoms with Gasteiger partial charge in [-0.25, -0.2) is 9.78 Å². The Morgan fingerprint density at radius 2 is 1.81 bits per heavy atom. The lowest BCUT2D eigenvalue weighted by Crippen LogP contribution is -2.79. The maximum atomic E-state index is 13.6. The molecule has 1 amide bonds. The zero-order valence-electron chi connectivity index (χ0n) is 18.1. The molecule has 5 unspecified atom stereocenters. The van der Waals surface area contributed by atoms with Gasteiger partial charge >= 0.3 is 0 Å². The Labute approximate surface area is 180 Å². The number of hydrogen-bond acceptors (Lipinski definition) is 9. The predicted molar refractivity (Wildman–Crippen MR) is 103 cm³/mol. The van der Waals surface area contributed by atoms with E-state index in [2.05, 4.69) is 6.92 Å². The molecule has 0 aromatic heterocycles. The Bertz CT molecular complexity index is 738. The van der Waals surface area contributed by atoms with E-state index < -0.39 is 60.8 Å². The van der Waals surface area contributed by atoms with Gasteiger partial charge in [-0.1, -0.05) is 13.8 Å². The first-order chi connectivity index (χ1) is 14.6. The molecule has 1 saturated carbocycles. The molecule has 6 fully saturated rings. The van der Waals surface area contributed by atoms with Crippen LogP contribution in [0.3, 0.4) is 0 Å². The third-order valence-electron chi connectivity index (χ3n) is 8.49. The van der Waals surface area contributed by atoms with Crippen molar-refractivity contribution >= 4 is 5.91 Å². The topological polar surface area (TPSA) is 138 Å². The minimum atomic E-state index is -1.61. The van der Waals surface area contributed by atoms with Crippen LogP contribution >= 0.6 is 0 Å². The van der Waals surface area contributed by atoms with Gasteiger partial charge < -0.3 is 34.8 Å². The first-order valence-corrected chi connectivity index (χ1v) is 11.3. The second-order valence-electron chi connectivity index (χ2n) is 10.2. The van der Waals surface area contributed by atoms with E-state index in [1.165, 1.54) is 4.90 Å². The van der Waals surface area contributed by atoms with Crippen LogP contribution < -0.4 is 0 Å². The number of piperidine rings is 1. The van der Waals surface area contributed by atoms with Crippen molar-refractivity contribution in [2.45, 2.75) is 94.7 Å². The minimum absolute atomic E-state index is 0.0625. The van der Waals surface area contributed by atoms with Gasteiger partial charge in [-0.15, -0.1) is 0 Å². The van der Waals surface area contributed by atoms with Crippen molar-refractivity contribution < 1.29 is 44.5 Å². The Hall–Kier alpha value is -0.850. The van der Waals surface area contributed by atoms with Crippen LogP contribution in [0.15, 0.2) is 0 Å². The second kappa shape index (κ2) is 7.33. The Kier molecular flexibility index (Phi) is 5.19. The average Bonchev–Trinajstić information content (AvgIpc) is 2.97. The summed E-state index contributed by atoms with van der Waals surface area (Å²) in [5, 5.41) is 41.5. The van der Waals surface area contributed by atoms with Crippen molar-refractivity contribution in [3.8, 4) is 0 Å². The van der Waals surface area contributed by atoms with Gasteiger partial charge in [0.2, 0.25) is 11.7 Å². The summed E-state index contributed by atoms with van der Waals surface area (Å²) in [4.78, 5) is 26.9. The van der Waals surface area contributed by atoms with Gasteiger partial charge in [0.1, 0.15) is 24.4 Å². The summed E-state index contributed by atoms with van der Waals surface area (Å²) in [6, 6.07) is -1.28. The molecule has 0 radical (unpaired) electrons. The van der Waals surface area contributed by atoms with Crippen LogP contribution in [0.25, 0.3) is 0 Å². The maximum Gasteiger partial charge on any atom is 0.228 e. The molecule has 1 aliphatic carbocycles. The number of carbonyl (C=O) groups is 1. The molecule has 10 heteroatoms. The standard InChI is InChI=1S/C21H33NO9/c1-9-4-5-12-10(2)17(26)22(14-16(25)15(24)13(8-23)28-18(14)27)19-21(12)11(9)6-7-20(3,29-19)30-31-21/h9-16,18-19,23-25,27H,4-8H2,1-3H3/t9-,10-,11?,12?,13+,14?,15+,16+,18-,19?,20+,21?/m1/s1. The molecule has 176 valence electrons. The molecular formula is C21H33NO9. The molecule has 5 aliphatic heterocycles. The van der Waals surface area contributed by atoms with E-state index in [1.807, 2.05) is 6.92 Å². The predicted octanol–water partition coefficient (Wildman–Crippen LogP) is -0.520. The molecule has 6 rings (SSSR count). The van der Waals surface area contributed by atoms with Crippen LogP contribution in [0.5, 0.6) is 0 Å². The Balaban J connectivity index is 1.61. The van der Waals surface area contributed by atoms with Crippen LogP contribution in [0.4, 0.5) is 0 Å². The number of nitrogens with zero attached hydrogens (tertiary/aromatic N) is 1. The monoisotopic (exact) mass is 443 g/mol. The number of aliphatic hydroxyl groups excluding tert-OH is 4. The number of fused-ring (bicyclic) bond motifs is 2. The van der Waals surface area contributed by atoms with E-state index in [1.54, 1.807) is 6.92 Å². The first kappa shape index (κ1) is 22.0. The highest BCUT2D eigenvalue weighted by atomic mass is 17.3. The van der Waals surface area contributed by atoms with Crippen LogP contribution in [-0.4, -0.2) is 86.1 Å². The van der Waals surface area contributed by atoms with Gasteiger partial charge in [0.05, 0.1) is 6.61 Å². The van der Waals surface area contributed by atoms with Crippen molar-refractivity contribution in [1.29, 1.82) is 0 Å². The third-order valence-corrected chi connectivity index (χ3v) is 8.49. The van der Waals surface area contributed by atoms with Gasteiger partial charge in [0.25, 0.3) is 0 Å². The fraction of sp³-hybridized carbons (Fsp3) is 0.952. The highest BCUT2D eigenvalue weighted by molar-refractivity contribution is 5.81. The second-order valence-corrected chi connectivity index (χ2v) is 10.2. The first-order valence-electron chi connectivity index (χ1n) is 11.3. The fourth-order valence-corrected chi connectivity index (χ4v) is 6.78. The Morgan fingerprint density at radius 3 is 2.52 bits per heavy atom. The number of amides is 1. The number of aliphatic hydroxyl groups is 4. The average molecular weight is 443 g/mol. The molecular weight excluding hydrogens is 410 g/mol. The molecule has 2 bridgehead atoms. The lowest BCUT2D eigenvalue weighted by atomic mass is 9.56. The number of hydrogen-bond donors (Lipinski definition) is 4. The zero-order valence-corrected chi connectivity index (χ0v) is 18.1. The molecule has 4 N–H and O–H groups in total. The summed E-state index contributed by atoms with van der Waals surface area (Å²) < 4.78 is 11.8. The molecule has 5 saturated heterocycles. The molecule has 6 aliphatic rings. The molecule has 1 spiro atoms. The van der Waals surface area contributed by atoms with Crippen molar-refractivity contribution in [3.05, 3.63) is 0 Å². The minimum Gasteiger partial charge on any atom is -0.394 e. The lowest BCUT2D eigenvalue weighted by Gasteiger charge is -2.63. The fourth-order valence-electron chi connectivity index (χ4n) is 6.78.